The summed E-state index contributed by atoms with van der Waals surface area (Å²) in [5.74, 6) is 0.787. The molecule has 0 radical (unpaired) electrons. The Balaban J connectivity index is 2.43. The van der Waals surface area contributed by atoms with Crippen LogP contribution in [0.1, 0.15) is 13.8 Å². The normalized spacial score (nSPS) is 12.0. The molecule has 0 aliphatic heterocycles. The fraction of sp³-hybridized carbons (Fsp3) is 0.417. The SMILES string of the molecule is COc1cc2nccn2cc1SC(C)(C)CO. The number of thioether (sulfide) groups is 1. The highest BCUT2D eigenvalue weighted by molar-refractivity contribution is 8.00. The summed E-state index contributed by atoms with van der Waals surface area (Å²) in [5, 5.41) is 9.31. The van der Waals surface area contributed by atoms with E-state index in [0.717, 1.165) is 16.3 Å². The summed E-state index contributed by atoms with van der Waals surface area (Å²) in [6, 6.07) is 1.90. The average molecular weight is 252 g/mol. The Morgan fingerprint density at radius 3 is 2.94 bits per heavy atom. The van der Waals surface area contributed by atoms with E-state index in [4.69, 9.17) is 4.74 Å². The number of pyridine rings is 1. The zero-order valence-electron chi connectivity index (χ0n) is 10.2. The molecule has 0 bridgehead atoms. The van der Waals surface area contributed by atoms with Crippen LogP contribution in [0.3, 0.4) is 0 Å². The molecule has 2 rings (SSSR count). The number of hydrogen-bond donors (Lipinski definition) is 1. The fourth-order valence-corrected chi connectivity index (χ4v) is 2.56. The Morgan fingerprint density at radius 1 is 1.53 bits per heavy atom. The lowest BCUT2D eigenvalue weighted by Crippen LogP contribution is -2.19. The van der Waals surface area contributed by atoms with Crippen LogP contribution in [0.2, 0.25) is 0 Å². The molecular formula is C12H16N2O2S. The minimum atomic E-state index is -0.235. The van der Waals surface area contributed by atoms with Crippen LogP contribution in [0, 0.1) is 0 Å². The topological polar surface area (TPSA) is 46.8 Å². The maximum atomic E-state index is 9.31. The third-order valence-corrected chi connectivity index (χ3v) is 3.65. The number of methoxy groups -OCH3 is 1. The van der Waals surface area contributed by atoms with Gasteiger partial charge >= 0.3 is 0 Å². The number of aliphatic hydroxyl groups is 1. The Labute approximate surface area is 105 Å². The van der Waals surface area contributed by atoms with Gasteiger partial charge in [0.1, 0.15) is 11.4 Å². The van der Waals surface area contributed by atoms with Crippen molar-refractivity contribution < 1.29 is 9.84 Å². The highest BCUT2D eigenvalue weighted by Crippen LogP contribution is 2.38. The highest BCUT2D eigenvalue weighted by atomic mass is 32.2. The monoisotopic (exact) mass is 252 g/mol. The number of hydrogen-bond acceptors (Lipinski definition) is 4. The maximum absolute atomic E-state index is 9.31. The molecule has 0 amide bonds. The molecule has 0 aromatic carbocycles. The van der Waals surface area contributed by atoms with Gasteiger partial charge in [0.25, 0.3) is 0 Å². The Kier molecular flexibility index (Phi) is 3.31. The van der Waals surface area contributed by atoms with Crippen molar-refractivity contribution in [1.82, 2.24) is 9.38 Å². The lowest BCUT2D eigenvalue weighted by molar-refractivity contribution is 0.265. The minimum absolute atomic E-state index is 0.114. The second-order valence-corrected chi connectivity index (χ2v) is 6.17. The van der Waals surface area contributed by atoms with Gasteiger partial charge < -0.3 is 14.2 Å². The number of nitrogens with zero attached hydrogens (tertiary/aromatic N) is 2. The van der Waals surface area contributed by atoms with Crippen molar-refractivity contribution in [3.63, 3.8) is 0 Å². The molecule has 0 saturated carbocycles. The van der Waals surface area contributed by atoms with Crippen LogP contribution < -0.4 is 4.74 Å². The molecular weight excluding hydrogens is 236 g/mol. The number of imidazole rings is 1. The van der Waals surface area contributed by atoms with Crippen LogP contribution in [0.4, 0.5) is 0 Å². The van der Waals surface area contributed by atoms with Gasteiger partial charge in [-0.3, -0.25) is 0 Å². The van der Waals surface area contributed by atoms with Crippen LogP contribution in [-0.4, -0.2) is 33.0 Å². The predicted octanol–water partition coefficient (Wildman–Crippen LogP) is 2.21. The lowest BCUT2D eigenvalue weighted by Gasteiger charge is -2.22. The van der Waals surface area contributed by atoms with Crippen LogP contribution in [0.5, 0.6) is 5.75 Å². The first kappa shape index (κ1) is 12.3. The highest BCUT2D eigenvalue weighted by Gasteiger charge is 2.21. The van der Waals surface area contributed by atoms with E-state index in [9.17, 15) is 5.11 Å². The zero-order chi connectivity index (χ0) is 12.5. The molecule has 92 valence electrons. The van der Waals surface area contributed by atoms with E-state index in [1.807, 2.05) is 36.7 Å². The van der Waals surface area contributed by atoms with Gasteiger partial charge in [-0.1, -0.05) is 0 Å². The standard InChI is InChI=1S/C12H16N2O2S/c1-12(2,8-15)17-10-7-14-5-4-13-11(14)6-9(10)16-3/h4-7,15H,8H2,1-3H3. The smallest absolute Gasteiger partial charge is 0.140 e. The van der Waals surface area contributed by atoms with Crippen molar-refractivity contribution in [2.24, 2.45) is 0 Å². The zero-order valence-corrected chi connectivity index (χ0v) is 11.0. The molecule has 2 aromatic heterocycles. The van der Waals surface area contributed by atoms with Crippen molar-refractivity contribution in [3.8, 4) is 5.75 Å². The molecule has 0 spiro atoms. The predicted molar refractivity (Wildman–Crippen MR) is 68.8 cm³/mol. The molecule has 4 nitrogen and oxygen atoms in total. The number of ether oxygens (including phenoxy) is 1. The van der Waals surface area contributed by atoms with E-state index in [1.165, 1.54) is 0 Å². The Morgan fingerprint density at radius 2 is 2.29 bits per heavy atom. The molecule has 0 aliphatic rings. The van der Waals surface area contributed by atoms with E-state index in [0.29, 0.717) is 0 Å². The van der Waals surface area contributed by atoms with Crippen molar-refractivity contribution in [1.29, 1.82) is 0 Å². The summed E-state index contributed by atoms with van der Waals surface area (Å²) in [4.78, 5) is 5.21. The van der Waals surface area contributed by atoms with Gasteiger partial charge in [0.2, 0.25) is 0 Å². The van der Waals surface area contributed by atoms with Gasteiger partial charge in [-0.15, -0.1) is 11.8 Å². The number of fused-ring (bicyclic) bond motifs is 1. The summed E-state index contributed by atoms with van der Waals surface area (Å²) in [5.41, 5.74) is 0.855. The maximum Gasteiger partial charge on any atom is 0.140 e. The molecule has 2 aromatic rings. The third-order valence-electron chi connectivity index (χ3n) is 2.44. The minimum Gasteiger partial charge on any atom is -0.495 e. The van der Waals surface area contributed by atoms with E-state index in [-0.39, 0.29) is 11.4 Å². The van der Waals surface area contributed by atoms with Gasteiger partial charge in [0.15, 0.2) is 0 Å². The Hall–Kier alpha value is -1.20. The summed E-state index contributed by atoms with van der Waals surface area (Å²) in [6.45, 7) is 4.10. The molecule has 5 heteroatoms. The molecule has 1 N–H and O–H groups in total. The third kappa shape index (κ3) is 2.56. The van der Waals surface area contributed by atoms with Gasteiger partial charge in [-0.05, 0) is 13.8 Å². The first-order chi connectivity index (χ1) is 8.05. The van der Waals surface area contributed by atoms with E-state index in [2.05, 4.69) is 4.98 Å². The summed E-state index contributed by atoms with van der Waals surface area (Å²) in [6.07, 6.45) is 5.62. The van der Waals surface area contributed by atoms with Crippen LogP contribution in [0.15, 0.2) is 29.6 Å². The van der Waals surface area contributed by atoms with E-state index >= 15 is 0 Å². The van der Waals surface area contributed by atoms with Gasteiger partial charge in [-0.25, -0.2) is 4.98 Å². The Bertz CT molecular complexity index is 522. The van der Waals surface area contributed by atoms with Crippen LogP contribution >= 0.6 is 11.8 Å². The second-order valence-electron chi connectivity index (χ2n) is 4.42. The van der Waals surface area contributed by atoms with Crippen molar-refractivity contribution in [2.75, 3.05) is 13.7 Å². The molecule has 0 unspecified atom stereocenters. The largest absolute Gasteiger partial charge is 0.495 e. The summed E-state index contributed by atoms with van der Waals surface area (Å²) < 4.78 is 7.07. The van der Waals surface area contributed by atoms with Gasteiger partial charge in [0, 0.05) is 29.4 Å². The second kappa shape index (κ2) is 4.58. The van der Waals surface area contributed by atoms with Crippen molar-refractivity contribution in [3.05, 3.63) is 24.7 Å². The van der Waals surface area contributed by atoms with Crippen LogP contribution in [0.25, 0.3) is 5.65 Å². The first-order valence-electron chi connectivity index (χ1n) is 5.36. The molecule has 17 heavy (non-hydrogen) atoms. The van der Waals surface area contributed by atoms with Gasteiger partial charge in [-0.2, -0.15) is 0 Å². The lowest BCUT2D eigenvalue weighted by atomic mass is 10.2. The van der Waals surface area contributed by atoms with E-state index < -0.39 is 0 Å². The van der Waals surface area contributed by atoms with Crippen molar-refractivity contribution >= 4 is 17.4 Å². The quantitative estimate of drug-likeness (QED) is 0.847. The fourth-order valence-electron chi connectivity index (χ4n) is 1.49. The summed E-state index contributed by atoms with van der Waals surface area (Å²) in [7, 11) is 1.64. The van der Waals surface area contributed by atoms with Crippen LogP contribution in [-0.2, 0) is 0 Å². The molecule has 0 atom stereocenters. The first-order valence-corrected chi connectivity index (χ1v) is 6.18. The average Bonchev–Trinajstić information content (AvgIpc) is 2.74. The number of aliphatic hydroxyl groups excluding tert-OH is 1. The molecule has 0 fully saturated rings. The van der Waals surface area contributed by atoms with E-state index in [1.54, 1.807) is 25.1 Å². The number of aromatic nitrogens is 2. The summed E-state index contributed by atoms with van der Waals surface area (Å²) >= 11 is 1.59. The van der Waals surface area contributed by atoms with Gasteiger partial charge in [0.05, 0.1) is 18.6 Å². The molecule has 0 aliphatic carbocycles. The molecule has 0 saturated heterocycles. The van der Waals surface area contributed by atoms with Crippen molar-refractivity contribution in [2.45, 2.75) is 23.5 Å². The molecule has 2 heterocycles. The number of rotatable bonds is 4.